The Balaban J connectivity index is 1.61. The highest BCUT2D eigenvalue weighted by Gasteiger charge is 2.26. The molecule has 0 spiro atoms. The van der Waals surface area contributed by atoms with Crippen molar-refractivity contribution in [2.24, 2.45) is 0 Å². The fraction of sp³-hybridized carbons (Fsp3) is 0.600. The summed E-state index contributed by atoms with van der Waals surface area (Å²) in [5.41, 5.74) is 1.14. The first-order valence-electron chi connectivity index (χ1n) is 7.21. The molecule has 1 aromatic carbocycles. The van der Waals surface area contributed by atoms with E-state index in [9.17, 15) is 4.39 Å². The summed E-state index contributed by atoms with van der Waals surface area (Å²) in [6.45, 7) is 4.32. The van der Waals surface area contributed by atoms with Crippen LogP contribution in [0, 0.1) is 5.82 Å². The Morgan fingerprint density at radius 3 is 3.00 bits per heavy atom. The maximum absolute atomic E-state index is 13.3. The van der Waals surface area contributed by atoms with Crippen LogP contribution in [0.15, 0.2) is 22.7 Å². The van der Waals surface area contributed by atoms with Gasteiger partial charge < -0.3 is 10.1 Å². The summed E-state index contributed by atoms with van der Waals surface area (Å²) in [7, 11) is 0. The van der Waals surface area contributed by atoms with Gasteiger partial charge in [0, 0.05) is 31.7 Å². The average molecular weight is 343 g/mol. The smallest absolute Gasteiger partial charge is 0.137 e. The van der Waals surface area contributed by atoms with Gasteiger partial charge in [0.15, 0.2) is 0 Å². The first kappa shape index (κ1) is 14.4. The van der Waals surface area contributed by atoms with Gasteiger partial charge in [0.1, 0.15) is 5.82 Å². The Kier molecular flexibility index (Phi) is 4.71. The number of hydrogen-bond acceptors (Lipinski definition) is 3. The standard InChI is InChI=1S/C15H20BrFN2O/c16-14-7-11(1-4-15(14)17)9-19-5-6-20-10-13(19)8-18-12-2-3-12/h1,4,7,12-13,18H,2-3,5-6,8-10H2. The van der Waals surface area contributed by atoms with E-state index in [4.69, 9.17) is 4.74 Å². The normalized spacial score (nSPS) is 24.0. The zero-order valence-corrected chi connectivity index (χ0v) is 13.0. The first-order valence-corrected chi connectivity index (χ1v) is 8.01. The lowest BCUT2D eigenvalue weighted by Crippen LogP contribution is -2.50. The highest BCUT2D eigenvalue weighted by Crippen LogP contribution is 2.21. The van der Waals surface area contributed by atoms with Crippen LogP contribution in [-0.4, -0.2) is 43.3 Å². The third-order valence-corrected chi connectivity index (χ3v) is 4.55. The molecular weight excluding hydrogens is 323 g/mol. The summed E-state index contributed by atoms with van der Waals surface area (Å²) in [5, 5.41) is 3.57. The fourth-order valence-electron chi connectivity index (χ4n) is 2.55. The third-order valence-electron chi connectivity index (χ3n) is 3.94. The number of halogens is 2. The molecule has 3 rings (SSSR count). The Hall–Kier alpha value is -0.490. The van der Waals surface area contributed by atoms with Crippen LogP contribution in [-0.2, 0) is 11.3 Å². The van der Waals surface area contributed by atoms with Gasteiger partial charge in [-0.05, 0) is 46.5 Å². The van der Waals surface area contributed by atoms with Crippen LogP contribution in [0.25, 0.3) is 0 Å². The van der Waals surface area contributed by atoms with Crippen molar-refractivity contribution in [2.75, 3.05) is 26.3 Å². The van der Waals surface area contributed by atoms with Gasteiger partial charge in [-0.15, -0.1) is 0 Å². The Bertz CT molecular complexity index is 467. The third kappa shape index (κ3) is 3.79. The van der Waals surface area contributed by atoms with E-state index >= 15 is 0 Å². The minimum Gasteiger partial charge on any atom is -0.378 e. The molecule has 1 aliphatic carbocycles. The molecule has 5 heteroatoms. The lowest BCUT2D eigenvalue weighted by Gasteiger charge is -2.35. The largest absolute Gasteiger partial charge is 0.378 e. The van der Waals surface area contributed by atoms with Gasteiger partial charge in [0.25, 0.3) is 0 Å². The summed E-state index contributed by atoms with van der Waals surface area (Å²) in [5.74, 6) is -0.206. The van der Waals surface area contributed by atoms with Gasteiger partial charge >= 0.3 is 0 Å². The zero-order valence-electron chi connectivity index (χ0n) is 11.4. The molecule has 1 saturated carbocycles. The summed E-state index contributed by atoms with van der Waals surface area (Å²) >= 11 is 3.25. The first-order chi connectivity index (χ1) is 9.72. The van der Waals surface area contributed by atoms with Crippen molar-refractivity contribution in [3.05, 3.63) is 34.1 Å². The van der Waals surface area contributed by atoms with E-state index in [1.807, 2.05) is 12.1 Å². The maximum Gasteiger partial charge on any atom is 0.137 e. The molecule has 20 heavy (non-hydrogen) atoms. The van der Waals surface area contributed by atoms with Crippen molar-refractivity contribution >= 4 is 15.9 Å². The quantitative estimate of drug-likeness (QED) is 0.889. The van der Waals surface area contributed by atoms with Crippen molar-refractivity contribution in [3.8, 4) is 0 Å². The summed E-state index contributed by atoms with van der Waals surface area (Å²) in [4.78, 5) is 2.43. The molecule has 2 aliphatic rings. The number of nitrogens with zero attached hydrogens (tertiary/aromatic N) is 1. The van der Waals surface area contributed by atoms with Crippen LogP contribution in [0.3, 0.4) is 0 Å². The number of nitrogens with one attached hydrogen (secondary N) is 1. The molecule has 0 bridgehead atoms. The highest BCUT2D eigenvalue weighted by molar-refractivity contribution is 9.10. The Labute approximate surface area is 127 Å². The molecule has 1 aliphatic heterocycles. The molecule has 0 radical (unpaired) electrons. The molecule has 0 aromatic heterocycles. The van der Waals surface area contributed by atoms with Crippen molar-refractivity contribution in [1.82, 2.24) is 10.2 Å². The van der Waals surface area contributed by atoms with Crippen molar-refractivity contribution in [1.29, 1.82) is 0 Å². The SMILES string of the molecule is Fc1ccc(CN2CCOCC2CNC2CC2)cc1Br. The van der Waals surface area contributed by atoms with Crippen molar-refractivity contribution in [3.63, 3.8) is 0 Å². The predicted octanol–water partition coefficient (Wildman–Crippen LogP) is 2.54. The van der Waals surface area contributed by atoms with Crippen molar-refractivity contribution in [2.45, 2.75) is 31.5 Å². The minimum atomic E-state index is -0.206. The van der Waals surface area contributed by atoms with E-state index in [-0.39, 0.29) is 5.82 Å². The maximum atomic E-state index is 13.3. The van der Waals surface area contributed by atoms with Crippen LogP contribution in [0.2, 0.25) is 0 Å². The molecule has 1 atom stereocenters. The average Bonchev–Trinajstić information content (AvgIpc) is 3.26. The zero-order chi connectivity index (χ0) is 13.9. The van der Waals surface area contributed by atoms with Gasteiger partial charge in [-0.1, -0.05) is 6.07 Å². The van der Waals surface area contributed by atoms with Crippen LogP contribution in [0.1, 0.15) is 18.4 Å². The number of ether oxygens (including phenoxy) is 1. The summed E-state index contributed by atoms with van der Waals surface area (Å²) < 4.78 is 19.4. The molecule has 1 unspecified atom stereocenters. The van der Waals surface area contributed by atoms with Crippen LogP contribution >= 0.6 is 15.9 Å². The predicted molar refractivity (Wildman–Crippen MR) is 80.1 cm³/mol. The molecule has 1 aromatic rings. The lowest BCUT2D eigenvalue weighted by atomic mass is 10.1. The topological polar surface area (TPSA) is 24.5 Å². The van der Waals surface area contributed by atoms with E-state index in [1.54, 1.807) is 0 Å². The van der Waals surface area contributed by atoms with E-state index in [1.165, 1.54) is 18.9 Å². The van der Waals surface area contributed by atoms with Crippen LogP contribution in [0.4, 0.5) is 4.39 Å². The number of morpholine rings is 1. The van der Waals surface area contributed by atoms with E-state index in [0.717, 1.165) is 44.5 Å². The van der Waals surface area contributed by atoms with Gasteiger partial charge in [-0.25, -0.2) is 4.39 Å². The van der Waals surface area contributed by atoms with E-state index in [0.29, 0.717) is 10.5 Å². The second-order valence-corrected chi connectivity index (χ2v) is 6.48. The van der Waals surface area contributed by atoms with Gasteiger partial charge in [0.05, 0.1) is 17.7 Å². The highest BCUT2D eigenvalue weighted by atomic mass is 79.9. The van der Waals surface area contributed by atoms with E-state index < -0.39 is 0 Å². The molecule has 3 nitrogen and oxygen atoms in total. The second-order valence-electron chi connectivity index (χ2n) is 5.63. The summed E-state index contributed by atoms with van der Waals surface area (Å²) in [6, 6.07) is 6.39. The summed E-state index contributed by atoms with van der Waals surface area (Å²) in [6.07, 6.45) is 2.61. The number of benzene rings is 1. The minimum absolute atomic E-state index is 0.206. The van der Waals surface area contributed by atoms with Gasteiger partial charge in [-0.2, -0.15) is 0 Å². The van der Waals surface area contributed by atoms with Gasteiger partial charge in [-0.3, -0.25) is 4.90 Å². The Morgan fingerprint density at radius 1 is 1.40 bits per heavy atom. The molecule has 0 amide bonds. The van der Waals surface area contributed by atoms with Gasteiger partial charge in [0.2, 0.25) is 0 Å². The molecule has 1 N–H and O–H groups in total. The fourth-order valence-corrected chi connectivity index (χ4v) is 2.97. The molecule has 2 fully saturated rings. The number of rotatable bonds is 5. The molecule has 1 heterocycles. The molecular formula is C15H20BrFN2O. The molecule has 1 saturated heterocycles. The van der Waals surface area contributed by atoms with Crippen molar-refractivity contribution < 1.29 is 9.13 Å². The monoisotopic (exact) mass is 342 g/mol. The second kappa shape index (κ2) is 6.52. The van der Waals surface area contributed by atoms with Crippen LogP contribution in [0.5, 0.6) is 0 Å². The molecule has 110 valence electrons. The van der Waals surface area contributed by atoms with Crippen LogP contribution < -0.4 is 5.32 Å². The Morgan fingerprint density at radius 2 is 2.25 bits per heavy atom. The number of hydrogen-bond donors (Lipinski definition) is 1. The lowest BCUT2D eigenvalue weighted by molar-refractivity contribution is -0.0110. The van der Waals surface area contributed by atoms with E-state index in [2.05, 4.69) is 26.1 Å².